The Hall–Kier alpha value is -0.613. The highest BCUT2D eigenvalue weighted by Gasteiger charge is 2.12. The molecule has 0 fully saturated rings. The number of esters is 1. The summed E-state index contributed by atoms with van der Waals surface area (Å²) in [6.07, 6.45) is 0.454. The maximum Gasteiger partial charge on any atom is 0.332 e. The molecule has 0 aliphatic heterocycles. The zero-order chi connectivity index (χ0) is 10.3. The molecule has 0 aromatic rings. The van der Waals surface area contributed by atoms with Crippen LogP contribution >= 0.6 is 0 Å². The van der Waals surface area contributed by atoms with Crippen molar-refractivity contribution in [3.8, 4) is 0 Å². The number of carbonyl (C=O) groups excluding carboxylic acids is 1. The number of ether oxygens (including phenoxy) is 1. The van der Waals surface area contributed by atoms with E-state index in [4.69, 9.17) is 9.16 Å². The summed E-state index contributed by atoms with van der Waals surface area (Å²) in [5, 5.41) is 0. The van der Waals surface area contributed by atoms with Crippen molar-refractivity contribution in [2.75, 3.05) is 12.8 Å². The third-order valence-electron chi connectivity index (χ3n) is 1.61. The van der Waals surface area contributed by atoms with Gasteiger partial charge in [0.2, 0.25) is 9.04 Å². The van der Waals surface area contributed by atoms with Gasteiger partial charge in [-0.25, -0.2) is 4.79 Å². The summed E-state index contributed by atoms with van der Waals surface area (Å²) in [5.74, 6) is -0.314. The predicted octanol–water partition coefficient (Wildman–Crippen LogP) is 1.43. The van der Waals surface area contributed by atoms with Crippen molar-refractivity contribution in [1.29, 1.82) is 0 Å². The first-order valence-corrected chi connectivity index (χ1v) is 6.66. The van der Waals surface area contributed by atoms with Crippen molar-refractivity contribution in [2.45, 2.75) is 26.8 Å². The molecule has 0 aromatic heterocycles. The molecule has 0 amide bonds. The summed E-state index contributed by atoms with van der Waals surface area (Å²) in [4.78, 5) is 11.0. The molecule has 76 valence electrons. The molecule has 0 heterocycles. The van der Waals surface area contributed by atoms with Gasteiger partial charge in [0.25, 0.3) is 0 Å². The maximum atomic E-state index is 11.0. The van der Waals surface area contributed by atoms with Crippen molar-refractivity contribution in [3.63, 3.8) is 0 Å². The zero-order valence-electron chi connectivity index (χ0n) is 8.63. The van der Waals surface area contributed by atoms with Crippen LogP contribution in [0.1, 0.15) is 20.8 Å². The first-order valence-electron chi connectivity index (χ1n) is 4.56. The van der Waals surface area contributed by atoms with E-state index in [1.807, 2.05) is 6.92 Å². The van der Waals surface area contributed by atoms with Crippen molar-refractivity contribution in [3.05, 3.63) is 12.2 Å². The molecule has 0 aliphatic rings. The molecule has 0 aromatic carbocycles. The molecule has 0 saturated heterocycles. The van der Waals surface area contributed by atoms with Gasteiger partial charge in [-0.05, 0) is 19.9 Å². The molecule has 0 radical (unpaired) electrons. The van der Waals surface area contributed by atoms with Gasteiger partial charge in [0.15, 0.2) is 0 Å². The molecular formula is C9H18O3Si. The molecule has 13 heavy (non-hydrogen) atoms. The molecule has 1 atom stereocenters. The molecule has 1 unspecified atom stereocenters. The van der Waals surface area contributed by atoms with Crippen LogP contribution in [0.15, 0.2) is 12.2 Å². The van der Waals surface area contributed by atoms with Gasteiger partial charge in [0.05, 0.1) is 0 Å². The van der Waals surface area contributed by atoms with Crippen LogP contribution in [0.4, 0.5) is 0 Å². The van der Waals surface area contributed by atoms with Crippen molar-refractivity contribution >= 4 is 15.0 Å². The summed E-state index contributed by atoms with van der Waals surface area (Å²) in [7, 11) is -1.29. The number of rotatable bonds is 6. The first kappa shape index (κ1) is 12.4. The van der Waals surface area contributed by atoms with Crippen LogP contribution < -0.4 is 0 Å². The number of hydrogen-bond donors (Lipinski definition) is 0. The van der Waals surface area contributed by atoms with Gasteiger partial charge in [-0.3, -0.25) is 0 Å². The monoisotopic (exact) mass is 202 g/mol. The Balaban J connectivity index is 3.71. The van der Waals surface area contributed by atoms with Crippen LogP contribution in [-0.2, 0) is 14.0 Å². The quantitative estimate of drug-likeness (QED) is 0.371. The van der Waals surface area contributed by atoms with Crippen LogP contribution in [0, 0.1) is 0 Å². The lowest BCUT2D eigenvalue weighted by atomic mass is 10.4. The van der Waals surface area contributed by atoms with E-state index in [1.165, 1.54) is 0 Å². The van der Waals surface area contributed by atoms with E-state index in [0.29, 0.717) is 18.4 Å². The van der Waals surface area contributed by atoms with Gasteiger partial charge in [0.1, 0.15) is 6.23 Å². The second-order valence-electron chi connectivity index (χ2n) is 2.86. The molecule has 0 saturated carbocycles. The summed E-state index contributed by atoms with van der Waals surface area (Å²) >= 11 is 0. The van der Waals surface area contributed by atoms with Gasteiger partial charge in [0, 0.05) is 12.2 Å². The van der Waals surface area contributed by atoms with Crippen molar-refractivity contribution in [1.82, 2.24) is 0 Å². The van der Waals surface area contributed by atoms with E-state index in [-0.39, 0.29) is 5.97 Å². The lowest BCUT2D eigenvalue weighted by Crippen LogP contribution is -2.26. The standard InChI is InChI=1S/C9H18O3Si/c1-5-12-13(6-2)7-11-9(10)8(3)4/h13H,3,5-7H2,1-2,4H3. The topological polar surface area (TPSA) is 35.5 Å². The van der Waals surface area contributed by atoms with Gasteiger partial charge >= 0.3 is 5.97 Å². The largest absolute Gasteiger partial charge is 0.463 e. The zero-order valence-corrected chi connectivity index (χ0v) is 9.79. The van der Waals surface area contributed by atoms with E-state index >= 15 is 0 Å². The van der Waals surface area contributed by atoms with Crippen molar-refractivity contribution in [2.24, 2.45) is 0 Å². The summed E-state index contributed by atoms with van der Waals surface area (Å²) < 4.78 is 10.5. The number of hydrogen-bond acceptors (Lipinski definition) is 3. The molecule has 0 bridgehead atoms. The lowest BCUT2D eigenvalue weighted by Gasteiger charge is -2.12. The fraction of sp³-hybridized carbons (Fsp3) is 0.667. The summed E-state index contributed by atoms with van der Waals surface area (Å²) in [6.45, 7) is 9.86. The third-order valence-corrected chi connectivity index (χ3v) is 3.86. The van der Waals surface area contributed by atoms with Crippen LogP contribution in [0.5, 0.6) is 0 Å². The average molecular weight is 202 g/mol. The second kappa shape index (κ2) is 6.86. The Kier molecular flexibility index (Phi) is 6.53. The molecular weight excluding hydrogens is 184 g/mol. The van der Waals surface area contributed by atoms with Crippen LogP contribution in [0.2, 0.25) is 6.04 Å². The maximum absolute atomic E-state index is 11.0. The van der Waals surface area contributed by atoms with Crippen LogP contribution in [0.3, 0.4) is 0 Å². The Morgan fingerprint density at radius 3 is 2.46 bits per heavy atom. The summed E-state index contributed by atoms with van der Waals surface area (Å²) in [5.41, 5.74) is 0.445. The SMILES string of the molecule is C=C(C)C(=O)OC[SiH](CC)OCC. The Bertz CT molecular complexity index is 180. The van der Waals surface area contributed by atoms with Gasteiger partial charge in [-0.1, -0.05) is 13.5 Å². The van der Waals surface area contributed by atoms with Gasteiger partial charge in [-0.2, -0.15) is 0 Å². The van der Waals surface area contributed by atoms with Gasteiger partial charge < -0.3 is 9.16 Å². The minimum absolute atomic E-state index is 0.314. The van der Waals surface area contributed by atoms with E-state index in [0.717, 1.165) is 6.04 Å². The minimum Gasteiger partial charge on any atom is -0.463 e. The third kappa shape index (κ3) is 5.60. The lowest BCUT2D eigenvalue weighted by molar-refractivity contribution is -0.137. The highest BCUT2D eigenvalue weighted by molar-refractivity contribution is 6.51. The van der Waals surface area contributed by atoms with E-state index < -0.39 is 9.04 Å². The van der Waals surface area contributed by atoms with E-state index in [9.17, 15) is 4.79 Å². The van der Waals surface area contributed by atoms with Crippen LogP contribution in [0.25, 0.3) is 0 Å². The molecule has 4 heteroatoms. The number of carbonyl (C=O) groups is 1. The van der Waals surface area contributed by atoms with Crippen LogP contribution in [-0.4, -0.2) is 27.8 Å². The Morgan fingerprint density at radius 1 is 1.46 bits per heavy atom. The Morgan fingerprint density at radius 2 is 2.08 bits per heavy atom. The second-order valence-corrected chi connectivity index (χ2v) is 5.59. The average Bonchev–Trinajstić information content (AvgIpc) is 2.11. The molecule has 0 aliphatic carbocycles. The van der Waals surface area contributed by atoms with E-state index in [2.05, 4.69) is 13.5 Å². The Labute approximate surface area is 81.5 Å². The van der Waals surface area contributed by atoms with Gasteiger partial charge in [-0.15, -0.1) is 0 Å². The van der Waals surface area contributed by atoms with E-state index in [1.54, 1.807) is 6.92 Å². The normalized spacial score (nSPS) is 12.2. The minimum atomic E-state index is -1.29. The smallest absolute Gasteiger partial charge is 0.332 e. The summed E-state index contributed by atoms with van der Waals surface area (Å²) in [6, 6.07) is 0.983. The molecule has 0 rings (SSSR count). The fourth-order valence-corrected chi connectivity index (χ4v) is 2.19. The highest BCUT2D eigenvalue weighted by atomic mass is 28.3. The first-order chi connectivity index (χ1) is 6.11. The fourth-order valence-electron chi connectivity index (χ4n) is 0.811. The molecule has 3 nitrogen and oxygen atoms in total. The highest BCUT2D eigenvalue weighted by Crippen LogP contribution is 1.98. The van der Waals surface area contributed by atoms with Crippen molar-refractivity contribution < 1.29 is 14.0 Å². The molecule has 0 spiro atoms. The molecule has 0 N–H and O–H groups in total. The predicted molar refractivity (Wildman–Crippen MR) is 55.0 cm³/mol.